The number of amides is 1. The Hall–Kier alpha value is -2.70. The van der Waals surface area contributed by atoms with E-state index in [4.69, 9.17) is 4.74 Å². The second-order valence-electron chi connectivity index (χ2n) is 5.90. The van der Waals surface area contributed by atoms with E-state index in [1.165, 1.54) is 7.11 Å². The number of rotatable bonds is 4. The van der Waals surface area contributed by atoms with E-state index in [2.05, 4.69) is 9.97 Å². The molecular weight excluding hydrogens is 308 g/mol. The lowest BCUT2D eigenvalue weighted by Gasteiger charge is -2.32. The van der Waals surface area contributed by atoms with Crippen molar-refractivity contribution in [3.8, 4) is 5.88 Å². The number of hydrogen-bond donors (Lipinski definition) is 0. The molecule has 3 rings (SSSR count). The summed E-state index contributed by atoms with van der Waals surface area (Å²) < 4.78 is 6.79. The molecule has 3 heterocycles. The van der Waals surface area contributed by atoms with Gasteiger partial charge in [-0.3, -0.25) is 9.59 Å². The van der Waals surface area contributed by atoms with Crippen LogP contribution in [0.3, 0.4) is 0 Å². The van der Waals surface area contributed by atoms with Crippen LogP contribution in [0.4, 0.5) is 0 Å². The fraction of sp³-hybridized carbons (Fsp3) is 0.412. The summed E-state index contributed by atoms with van der Waals surface area (Å²) >= 11 is 0. The van der Waals surface area contributed by atoms with Crippen molar-refractivity contribution in [3.05, 3.63) is 42.1 Å². The lowest BCUT2D eigenvalue weighted by Crippen LogP contribution is -2.42. The number of Topliss-reactive ketones (excluding diaryl/α,β-unsaturated/α-hetero) is 1. The third-order valence-corrected chi connectivity index (χ3v) is 4.31. The van der Waals surface area contributed by atoms with Crippen molar-refractivity contribution < 1.29 is 14.3 Å². The minimum absolute atomic E-state index is 0.00712. The van der Waals surface area contributed by atoms with Gasteiger partial charge in [0.15, 0.2) is 5.82 Å². The Morgan fingerprint density at radius 1 is 1.29 bits per heavy atom. The van der Waals surface area contributed by atoms with Crippen LogP contribution in [-0.4, -0.2) is 51.3 Å². The molecule has 7 nitrogen and oxygen atoms in total. The SMILES string of the molecule is COc1cc(C(=O)N2CCCC(C(=O)c3nccn3C)C2)ccn1. The third kappa shape index (κ3) is 3.15. The van der Waals surface area contributed by atoms with Gasteiger partial charge < -0.3 is 14.2 Å². The number of pyridine rings is 1. The molecule has 1 aliphatic rings. The van der Waals surface area contributed by atoms with Crippen LogP contribution in [0.25, 0.3) is 0 Å². The molecule has 1 fully saturated rings. The maximum atomic E-state index is 12.7. The molecule has 0 bridgehead atoms. The van der Waals surface area contributed by atoms with Crippen molar-refractivity contribution in [2.24, 2.45) is 13.0 Å². The first kappa shape index (κ1) is 16.2. The second-order valence-corrected chi connectivity index (χ2v) is 5.90. The Morgan fingerprint density at radius 3 is 2.83 bits per heavy atom. The molecule has 7 heteroatoms. The number of piperidine rings is 1. The smallest absolute Gasteiger partial charge is 0.254 e. The molecule has 1 aliphatic heterocycles. The fourth-order valence-corrected chi connectivity index (χ4v) is 3.00. The van der Waals surface area contributed by atoms with Gasteiger partial charge in [-0.15, -0.1) is 0 Å². The van der Waals surface area contributed by atoms with Gasteiger partial charge in [-0.25, -0.2) is 9.97 Å². The molecule has 0 aromatic carbocycles. The summed E-state index contributed by atoms with van der Waals surface area (Å²) in [6.45, 7) is 1.06. The van der Waals surface area contributed by atoms with E-state index in [-0.39, 0.29) is 17.6 Å². The average Bonchev–Trinajstić information content (AvgIpc) is 3.06. The van der Waals surface area contributed by atoms with Crippen LogP contribution in [-0.2, 0) is 7.05 Å². The van der Waals surface area contributed by atoms with Gasteiger partial charge in [0.05, 0.1) is 7.11 Å². The van der Waals surface area contributed by atoms with E-state index in [0.717, 1.165) is 12.8 Å². The van der Waals surface area contributed by atoms with Gasteiger partial charge in [0.2, 0.25) is 11.7 Å². The number of hydrogen-bond acceptors (Lipinski definition) is 5. The Bertz CT molecular complexity index is 756. The number of carbonyl (C=O) groups excluding carboxylic acids is 2. The first-order valence-corrected chi connectivity index (χ1v) is 7.91. The van der Waals surface area contributed by atoms with Gasteiger partial charge >= 0.3 is 0 Å². The largest absolute Gasteiger partial charge is 0.481 e. The van der Waals surface area contributed by atoms with Crippen LogP contribution >= 0.6 is 0 Å². The van der Waals surface area contributed by atoms with Crippen LogP contribution in [0.5, 0.6) is 5.88 Å². The zero-order valence-corrected chi connectivity index (χ0v) is 13.8. The van der Waals surface area contributed by atoms with E-state index in [0.29, 0.717) is 30.4 Å². The summed E-state index contributed by atoms with van der Waals surface area (Å²) in [5.74, 6) is 0.520. The maximum absolute atomic E-state index is 12.7. The number of likely N-dealkylation sites (tertiary alicyclic amines) is 1. The Morgan fingerprint density at radius 2 is 2.12 bits per heavy atom. The highest BCUT2D eigenvalue weighted by Crippen LogP contribution is 2.22. The molecule has 1 unspecified atom stereocenters. The molecule has 0 radical (unpaired) electrons. The molecule has 1 saturated heterocycles. The second kappa shape index (κ2) is 6.82. The van der Waals surface area contributed by atoms with Gasteiger partial charge in [0.25, 0.3) is 5.91 Å². The maximum Gasteiger partial charge on any atom is 0.254 e. The summed E-state index contributed by atoms with van der Waals surface area (Å²) in [4.78, 5) is 35.2. The predicted molar refractivity (Wildman–Crippen MR) is 87.0 cm³/mol. The van der Waals surface area contributed by atoms with Gasteiger partial charge in [-0.05, 0) is 18.9 Å². The summed E-state index contributed by atoms with van der Waals surface area (Å²) in [5, 5.41) is 0. The highest BCUT2D eigenvalue weighted by atomic mass is 16.5. The van der Waals surface area contributed by atoms with Crippen LogP contribution in [0.2, 0.25) is 0 Å². The first-order valence-electron chi connectivity index (χ1n) is 7.91. The van der Waals surface area contributed by atoms with E-state index in [9.17, 15) is 9.59 Å². The molecular formula is C17H20N4O3. The normalized spacial score (nSPS) is 17.6. The molecule has 1 amide bonds. The highest BCUT2D eigenvalue weighted by Gasteiger charge is 2.31. The molecule has 0 saturated carbocycles. The Balaban J connectivity index is 1.74. The van der Waals surface area contributed by atoms with Crippen molar-refractivity contribution in [2.75, 3.05) is 20.2 Å². The van der Waals surface area contributed by atoms with Crippen molar-refractivity contribution in [1.82, 2.24) is 19.4 Å². The number of ether oxygens (including phenoxy) is 1. The third-order valence-electron chi connectivity index (χ3n) is 4.31. The number of imidazole rings is 1. The average molecular weight is 328 g/mol. The summed E-state index contributed by atoms with van der Waals surface area (Å²) in [6.07, 6.45) is 6.49. The van der Waals surface area contributed by atoms with E-state index < -0.39 is 0 Å². The van der Waals surface area contributed by atoms with E-state index in [1.54, 1.807) is 47.2 Å². The number of methoxy groups -OCH3 is 1. The van der Waals surface area contributed by atoms with Crippen molar-refractivity contribution >= 4 is 11.7 Å². The van der Waals surface area contributed by atoms with Gasteiger partial charge in [0.1, 0.15) is 0 Å². The van der Waals surface area contributed by atoms with Crippen LogP contribution in [0.15, 0.2) is 30.7 Å². The van der Waals surface area contributed by atoms with Crippen LogP contribution < -0.4 is 4.74 Å². The Labute approximate surface area is 140 Å². The summed E-state index contributed by atoms with van der Waals surface area (Å²) in [5.41, 5.74) is 0.520. The topological polar surface area (TPSA) is 77.3 Å². The van der Waals surface area contributed by atoms with Gasteiger partial charge in [-0.1, -0.05) is 0 Å². The van der Waals surface area contributed by atoms with Crippen LogP contribution in [0.1, 0.15) is 33.8 Å². The molecule has 2 aromatic heterocycles. The molecule has 0 spiro atoms. The molecule has 1 atom stereocenters. The van der Waals surface area contributed by atoms with E-state index >= 15 is 0 Å². The summed E-state index contributed by atoms with van der Waals surface area (Å²) in [6, 6.07) is 3.28. The number of ketones is 1. The highest BCUT2D eigenvalue weighted by molar-refractivity contribution is 5.97. The number of nitrogens with zero attached hydrogens (tertiary/aromatic N) is 4. The lowest BCUT2D eigenvalue weighted by atomic mass is 9.93. The van der Waals surface area contributed by atoms with Crippen LogP contribution in [0, 0.1) is 5.92 Å². The summed E-state index contributed by atoms with van der Waals surface area (Å²) in [7, 11) is 3.31. The van der Waals surface area contributed by atoms with Gasteiger partial charge in [0, 0.05) is 56.3 Å². The van der Waals surface area contributed by atoms with Gasteiger partial charge in [-0.2, -0.15) is 0 Å². The molecule has 0 aliphatic carbocycles. The van der Waals surface area contributed by atoms with Crippen molar-refractivity contribution in [1.29, 1.82) is 0 Å². The zero-order chi connectivity index (χ0) is 17.1. The number of aromatic nitrogens is 3. The number of aryl methyl sites for hydroxylation is 1. The minimum Gasteiger partial charge on any atom is -0.481 e. The van der Waals surface area contributed by atoms with E-state index in [1.807, 2.05) is 0 Å². The minimum atomic E-state index is -0.215. The molecule has 126 valence electrons. The zero-order valence-electron chi connectivity index (χ0n) is 13.8. The quantitative estimate of drug-likeness (QED) is 0.796. The predicted octanol–water partition coefficient (Wildman–Crippen LogP) is 1.56. The monoisotopic (exact) mass is 328 g/mol. The molecule has 0 N–H and O–H groups in total. The fourth-order valence-electron chi connectivity index (χ4n) is 3.00. The van der Waals surface area contributed by atoms with Crippen molar-refractivity contribution in [3.63, 3.8) is 0 Å². The first-order chi connectivity index (χ1) is 11.6. The number of carbonyl (C=O) groups is 2. The Kier molecular flexibility index (Phi) is 4.59. The standard InChI is InChI=1S/C17H20N4O3/c1-20-9-7-19-16(20)15(22)13-4-3-8-21(11-13)17(23)12-5-6-18-14(10-12)24-2/h5-7,9-10,13H,3-4,8,11H2,1-2H3. The molecule has 24 heavy (non-hydrogen) atoms. The lowest BCUT2D eigenvalue weighted by molar-refractivity contribution is 0.0632. The molecule has 2 aromatic rings. The van der Waals surface area contributed by atoms with Crippen molar-refractivity contribution in [2.45, 2.75) is 12.8 Å².